The van der Waals surface area contributed by atoms with Gasteiger partial charge in [0.1, 0.15) is 29.8 Å². The Kier molecular flexibility index (Phi) is 4.67. The monoisotopic (exact) mass is 312 g/mol. The number of ether oxygens (including phenoxy) is 2. The summed E-state index contributed by atoms with van der Waals surface area (Å²) in [5, 5.41) is 47.5. The van der Waals surface area contributed by atoms with Crippen LogP contribution < -0.4 is 4.74 Å². The molecule has 0 bridgehead atoms. The predicted molar refractivity (Wildman–Crippen MR) is 73.1 cm³/mol. The molecule has 1 aromatic rings. The largest absolute Gasteiger partial charge is 0.508 e. The van der Waals surface area contributed by atoms with Crippen LogP contribution in [-0.2, 0) is 9.53 Å². The smallest absolute Gasteiger partial charge is 0.335 e. The van der Waals surface area contributed by atoms with E-state index in [0.717, 1.165) is 0 Å². The molecule has 5 N–H and O–H groups in total. The first-order valence-corrected chi connectivity index (χ1v) is 6.39. The molecule has 1 fully saturated rings. The van der Waals surface area contributed by atoms with Crippen LogP contribution in [0.3, 0.4) is 0 Å². The summed E-state index contributed by atoms with van der Waals surface area (Å²) in [4.78, 5) is 11.0. The van der Waals surface area contributed by atoms with Crippen LogP contribution in [0.2, 0.25) is 0 Å². The van der Waals surface area contributed by atoms with Crippen molar-refractivity contribution in [3.63, 3.8) is 0 Å². The van der Waals surface area contributed by atoms with E-state index in [1.54, 1.807) is 0 Å². The molecule has 5 atom stereocenters. The zero-order chi connectivity index (χ0) is 16.4. The lowest BCUT2D eigenvalue weighted by molar-refractivity contribution is -0.271. The predicted octanol–water partition coefficient (Wildman–Crippen LogP) is -0.694. The van der Waals surface area contributed by atoms with Crippen LogP contribution in [0.5, 0.6) is 11.5 Å². The highest BCUT2D eigenvalue weighted by Gasteiger charge is 2.48. The van der Waals surface area contributed by atoms with Crippen LogP contribution in [0.25, 0.3) is 6.08 Å². The van der Waals surface area contributed by atoms with Crippen molar-refractivity contribution in [1.82, 2.24) is 0 Å². The highest BCUT2D eigenvalue weighted by Crippen LogP contribution is 2.28. The van der Waals surface area contributed by atoms with Crippen molar-refractivity contribution in [1.29, 1.82) is 0 Å². The Morgan fingerprint density at radius 2 is 1.86 bits per heavy atom. The number of phenolic OH excluding ortho intramolecular Hbond substituents is 1. The van der Waals surface area contributed by atoms with E-state index in [4.69, 9.17) is 14.6 Å². The van der Waals surface area contributed by atoms with Crippen molar-refractivity contribution < 1.29 is 39.8 Å². The maximum atomic E-state index is 11.0. The molecule has 22 heavy (non-hydrogen) atoms. The third kappa shape index (κ3) is 3.20. The number of rotatable bonds is 4. The summed E-state index contributed by atoms with van der Waals surface area (Å²) in [7, 11) is 0. The van der Waals surface area contributed by atoms with Gasteiger partial charge in [0.2, 0.25) is 6.29 Å². The van der Waals surface area contributed by atoms with Gasteiger partial charge in [0.25, 0.3) is 0 Å². The van der Waals surface area contributed by atoms with Crippen LogP contribution in [0, 0.1) is 0 Å². The molecular weight excluding hydrogens is 296 g/mol. The molecule has 1 aliphatic rings. The van der Waals surface area contributed by atoms with Gasteiger partial charge in [0, 0.05) is 6.07 Å². The Labute approximate surface area is 125 Å². The number of hydrogen-bond donors (Lipinski definition) is 5. The summed E-state index contributed by atoms with van der Waals surface area (Å²) in [5.74, 6) is -1.56. The minimum absolute atomic E-state index is 0.0756. The highest BCUT2D eigenvalue weighted by atomic mass is 16.7. The van der Waals surface area contributed by atoms with Crippen molar-refractivity contribution in [3.05, 3.63) is 30.3 Å². The second kappa shape index (κ2) is 6.32. The molecule has 1 aromatic carbocycles. The van der Waals surface area contributed by atoms with Crippen LogP contribution in [-0.4, -0.2) is 62.2 Å². The SMILES string of the molecule is C=Cc1cc(O)cc(O[C@@H]2OC(C(=O)O)[C@@H](O)[C@H](O)[C@@H]2O)c1. The lowest BCUT2D eigenvalue weighted by Gasteiger charge is -2.38. The quantitative estimate of drug-likeness (QED) is 0.492. The number of aromatic hydroxyl groups is 1. The third-order valence-corrected chi connectivity index (χ3v) is 3.21. The Bertz CT molecular complexity index is 572. The lowest BCUT2D eigenvalue weighted by Crippen LogP contribution is -2.61. The maximum Gasteiger partial charge on any atom is 0.335 e. The Hall–Kier alpha value is -2.13. The summed E-state index contributed by atoms with van der Waals surface area (Å²) < 4.78 is 10.2. The number of carbonyl (C=O) groups is 1. The number of hydrogen-bond acceptors (Lipinski definition) is 7. The van der Waals surface area contributed by atoms with Crippen molar-refractivity contribution in [2.75, 3.05) is 0 Å². The van der Waals surface area contributed by atoms with E-state index in [1.165, 1.54) is 24.3 Å². The molecule has 0 aromatic heterocycles. The molecule has 0 spiro atoms. The van der Waals surface area contributed by atoms with E-state index in [0.29, 0.717) is 5.56 Å². The zero-order valence-corrected chi connectivity index (χ0v) is 11.4. The van der Waals surface area contributed by atoms with Gasteiger partial charge in [-0.05, 0) is 17.7 Å². The van der Waals surface area contributed by atoms with Crippen molar-refractivity contribution in [3.8, 4) is 11.5 Å². The number of aliphatic hydroxyl groups is 3. The first-order chi connectivity index (χ1) is 10.3. The first kappa shape index (κ1) is 16.2. The van der Waals surface area contributed by atoms with Crippen molar-refractivity contribution in [2.24, 2.45) is 0 Å². The average molecular weight is 312 g/mol. The van der Waals surface area contributed by atoms with Gasteiger partial charge in [-0.2, -0.15) is 0 Å². The van der Waals surface area contributed by atoms with Gasteiger partial charge < -0.3 is 35.0 Å². The molecule has 0 aliphatic carbocycles. The van der Waals surface area contributed by atoms with E-state index in [9.17, 15) is 25.2 Å². The van der Waals surface area contributed by atoms with E-state index in [1.807, 2.05) is 0 Å². The number of aliphatic carboxylic acids is 1. The molecule has 1 heterocycles. The third-order valence-electron chi connectivity index (χ3n) is 3.21. The summed E-state index contributed by atoms with van der Waals surface area (Å²) in [6, 6.07) is 4.10. The minimum atomic E-state index is -1.79. The fourth-order valence-electron chi connectivity index (χ4n) is 2.08. The molecule has 8 nitrogen and oxygen atoms in total. The molecule has 1 aliphatic heterocycles. The summed E-state index contributed by atoms with van der Waals surface area (Å²) in [6.07, 6.45) is -7.04. The molecule has 8 heteroatoms. The molecule has 1 saturated heterocycles. The second-order valence-corrected chi connectivity index (χ2v) is 4.82. The summed E-state index contributed by atoms with van der Waals surface area (Å²) in [5.41, 5.74) is 0.524. The first-order valence-electron chi connectivity index (χ1n) is 6.39. The van der Waals surface area contributed by atoms with Gasteiger partial charge in [0.05, 0.1) is 0 Å². The number of carboxylic acids is 1. The molecule has 0 amide bonds. The van der Waals surface area contributed by atoms with Crippen LogP contribution in [0.4, 0.5) is 0 Å². The van der Waals surface area contributed by atoms with Crippen molar-refractivity contribution in [2.45, 2.75) is 30.7 Å². The van der Waals surface area contributed by atoms with Crippen LogP contribution in [0.1, 0.15) is 5.56 Å². The Morgan fingerprint density at radius 1 is 1.18 bits per heavy atom. The highest BCUT2D eigenvalue weighted by molar-refractivity contribution is 5.73. The van der Waals surface area contributed by atoms with Gasteiger partial charge in [-0.1, -0.05) is 12.7 Å². The fourth-order valence-corrected chi connectivity index (χ4v) is 2.08. The van der Waals surface area contributed by atoms with E-state index < -0.39 is 36.7 Å². The van der Waals surface area contributed by atoms with Gasteiger partial charge in [-0.15, -0.1) is 0 Å². The zero-order valence-electron chi connectivity index (χ0n) is 11.4. The standard InChI is InChI=1S/C14H16O8/c1-2-6-3-7(15)5-8(4-6)21-14-11(18)9(16)10(17)12(22-14)13(19)20/h2-5,9-12,14-18H,1H2,(H,19,20)/t9-,10-,11-,12?,14+/m0/s1. The lowest BCUT2D eigenvalue weighted by atomic mass is 9.99. The molecule has 0 radical (unpaired) electrons. The fraction of sp³-hybridized carbons (Fsp3) is 0.357. The molecule has 120 valence electrons. The topological polar surface area (TPSA) is 137 Å². The maximum absolute atomic E-state index is 11.0. The number of aliphatic hydroxyl groups excluding tert-OH is 3. The minimum Gasteiger partial charge on any atom is -0.508 e. The van der Waals surface area contributed by atoms with Crippen LogP contribution >= 0.6 is 0 Å². The van der Waals surface area contributed by atoms with Crippen LogP contribution in [0.15, 0.2) is 24.8 Å². The number of phenols is 1. The summed E-state index contributed by atoms with van der Waals surface area (Å²) >= 11 is 0. The Balaban J connectivity index is 2.22. The van der Waals surface area contributed by atoms with E-state index in [2.05, 4.69) is 6.58 Å². The van der Waals surface area contributed by atoms with Crippen molar-refractivity contribution >= 4 is 12.0 Å². The summed E-state index contributed by atoms with van der Waals surface area (Å²) in [6.45, 7) is 3.53. The molecule has 1 unspecified atom stereocenters. The van der Waals surface area contributed by atoms with Gasteiger partial charge >= 0.3 is 5.97 Å². The average Bonchev–Trinajstić information content (AvgIpc) is 2.46. The molecular formula is C14H16O8. The van der Waals surface area contributed by atoms with E-state index >= 15 is 0 Å². The van der Waals surface area contributed by atoms with E-state index in [-0.39, 0.29) is 11.5 Å². The van der Waals surface area contributed by atoms with Gasteiger partial charge in [0.15, 0.2) is 6.10 Å². The van der Waals surface area contributed by atoms with Gasteiger partial charge in [-0.3, -0.25) is 0 Å². The normalized spacial score (nSPS) is 31.5. The molecule has 2 rings (SSSR count). The number of benzene rings is 1. The second-order valence-electron chi connectivity index (χ2n) is 4.82. The molecule has 0 saturated carbocycles. The van der Waals surface area contributed by atoms with Gasteiger partial charge in [-0.25, -0.2) is 4.79 Å². The Morgan fingerprint density at radius 3 is 2.45 bits per heavy atom. The number of carboxylic acid groups (broad SMARTS) is 1.